The van der Waals surface area contributed by atoms with Gasteiger partial charge < -0.3 is 10.2 Å². The number of pyridine rings is 1. The lowest BCUT2D eigenvalue weighted by molar-refractivity contribution is -0.137. The molecule has 0 spiro atoms. The van der Waals surface area contributed by atoms with Crippen LogP contribution in [-0.2, 0) is 19.1 Å². The smallest absolute Gasteiger partial charge is 0.323 e. The molecule has 0 atom stereocenters. The van der Waals surface area contributed by atoms with E-state index in [9.17, 15) is 13.2 Å². The quantitative estimate of drug-likeness (QED) is 0.231. The number of alkyl halides is 3. The monoisotopic (exact) mass is 545 g/mol. The lowest BCUT2D eigenvalue weighted by atomic mass is 10.1. The SMILES string of the molecule is FC(F)(F)c1cccc(Cn2cc(-c3cccc4nc(Nc5ccc(CCCN6CCCC6)cc5)nn34)cn2)c1. The van der Waals surface area contributed by atoms with Gasteiger partial charge in [-0.15, -0.1) is 5.10 Å². The minimum Gasteiger partial charge on any atom is -0.323 e. The normalized spacial score (nSPS) is 14.3. The number of aromatic nitrogens is 5. The molecule has 3 aromatic heterocycles. The van der Waals surface area contributed by atoms with E-state index in [2.05, 4.69) is 49.7 Å². The lowest BCUT2D eigenvalue weighted by Crippen LogP contribution is -2.20. The Balaban J connectivity index is 1.13. The van der Waals surface area contributed by atoms with Gasteiger partial charge in [0.2, 0.25) is 5.95 Å². The molecule has 1 aliphatic rings. The van der Waals surface area contributed by atoms with Crippen LogP contribution in [0.5, 0.6) is 0 Å². The summed E-state index contributed by atoms with van der Waals surface area (Å²) in [6, 6.07) is 19.4. The van der Waals surface area contributed by atoms with Crippen LogP contribution in [0, 0.1) is 0 Å². The molecule has 10 heteroatoms. The van der Waals surface area contributed by atoms with Crippen LogP contribution >= 0.6 is 0 Å². The third kappa shape index (κ3) is 6.02. The van der Waals surface area contributed by atoms with E-state index in [1.807, 2.05) is 18.2 Å². The van der Waals surface area contributed by atoms with Crippen LogP contribution in [0.3, 0.4) is 0 Å². The maximum absolute atomic E-state index is 13.1. The lowest BCUT2D eigenvalue weighted by Gasteiger charge is -2.14. The van der Waals surface area contributed by atoms with Gasteiger partial charge in [0, 0.05) is 17.4 Å². The summed E-state index contributed by atoms with van der Waals surface area (Å²) in [7, 11) is 0. The number of nitrogens with zero attached hydrogens (tertiary/aromatic N) is 6. The summed E-state index contributed by atoms with van der Waals surface area (Å²) in [6.45, 7) is 3.85. The first-order valence-electron chi connectivity index (χ1n) is 13.5. The Morgan fingerprint density at radius 2 is 1.70 bits per heavy atom. The highest BCUT2D eigenvalue weighted by molar-refractivity contribution is 5.63. The zero-order chi connectivity index (χ0) is 27.5. The van der Waals surface area contributed by atoms with Gasteiger partial charge in [0.1, 0.15) is 0 Å². The highest BCUT2D eigenvalue weighted by atomic mass is 19.4. The van der Waals surface area contributed by atoms with Gasteiger partial charge in [-0.3, -0.25) is 4.68 Å². The molecule has 1 saturated heterocycles. The third-order valence-electron chi connectivity index (χ3n) is 7.24. The maximum atomic E-state index is 13.1. The van der Waals surface area contributed by atoms with Crippen LogP contribution in [0.4, 0.5) is 24.8 Å². The Hall–Kier alpha value is -4.18. The van der Waals surface area contributed by atoms with Gasteiger partial charge in [0.05, 0.1) is 24.0 Å². The maximum Gasteiger partial charge on any atom is 0.416 e. The van der Waals surface area contributed by atoms with Crippen LogP contribution in [0.15, 0.2) is 79.1 Å². The molecule has 1 fully saturated rings. The number of hydrogen-bond acceptors (Lipinski definition) is 5. The molecule has 5 aromatic rings. The molecule has 0 bridgehead atoms. The Morgan fingerprint density at radius 1 is 0.900 bits per heavy atom. The number of rotatable bonds is 9. The summed E-state index contributed by atoms with van der Waals surface area (Å²) in [5, 5.41) is 12.3. The minimum atomic E-state index is -4.38. The van der Waals surface area contributed by atoms with Crippen molar-refractivity contribution in [3.8, 4) is 11.3 Å². The molecular weight excluding hydrogens is 515 g/mol. The van der Waals surface area contributed by atoms with Crippen molar-refractivity contribution in [3.63, 3.8) is 0 Å². The van der Waals surface area contributed by atoms with Crippen molar-refractivity contribution < 1.29 is 13.2 Å². The van der Waals surface area contributed by atoms with E-state index in [1.165, 1.54) is 44.0 Å². The average Bonchev–Trinajstić information content (AvgIpc) is 3.71. The highest BCUT2D eigenvalue weighted by Gasteiger charge is 2.30. The second-order valence-corrected chi connectivity index (χ2v) is 10.2. The molecule has 0 saturated carbocycles. The number of fused-ring (bicyclic) bond motifs is 1. The van der Waals surface area contributed by atoms with Crippen molar-refractivity contribution in [2.24, 2.45) is 0 Å². The standard InChI is InChI=1S/C30H30F3N7/c31-30(32,33)25-8-3-6-23(18-25)20-39-21-24(19-34-39)27-9-4-10-28-36-29(37-40(27)28)35-26-13-11-22(12-14-26)7-5-17-38-15-1-2-16-38/h3-4,6,8-14,18-19,21H,1-2,5,7,15-17,20H2,(H,35,37). The molecule has 40 heavy (non-hydrogen) atoms. The predicted octanol–water partition coefficient (Wildman–Crippen LogP) is 6.43. The summed E-state index contributed by atoms with van der Waals surface area (Å²) < 4.78 is 42.6. The van der Waals surface area contributed by atoms with E-state index in [0.29, 0.717) is 17.2 Å². The molecule has 0 radical (unpaired) electrons. The molecular formula is C30H30F3N7. The van der Waals surface area contributed by atoms with Crippen molar-refractivity contribution in [1.29, 1.82) is 0 Å². The molecule has 0 amide bonds. The van der Waals surface area contributed by atoms with Crippen LogP contribution in [0.1, 0.15) is 36.0 Å². The van der Waals surface area contributed by atoms with Crippen molar-refractivity contribution in [1.82, 2.24) is 29.3 Å². The van der Waals surface area contributed by atoms with Gasteiger partial charge in [0.25, 0.3) is 0 Å². The third-order valence-corrected chi connectivity index (χ3v) is 7.24. The fourth-order valence-electron chi connectivity index (χ4n) is 5.19. The molecule has 7 nitrogen and oxygen atoms in total. The Kier molecular flexibility index (Phi) is 7.25. The fraction of sp³-hybridized carbons (Fsp3) is 0.300. The van der Waals surface area contributed by atoms with Crippen molar-refractivity contribution >= 4 is 17.3 Å². The molecule has 1 aliphatic heterocycles. The number of likely N-dealkylation sites (tertiary alicyclic amines) is 1. The van der Waals surface area contributed by atoms with Gasteiger partial charge in [-0.05, 0) is 92.8 Å². The number of aryl methyl sites for hydroxylation is 1. The van der Waals surface area contributed by atoms with Crippen molar-refractivity contribution in [2.45, 2.75) is 38.4 Å². The second kappa shape index (κ2) is 11.1. The zero-order valence-electron chi connectivity index (χ0n) is 22.0. The zero-order valence-corrected chi connectivity index (χ0v) is 22.0. The molecule has 6 rings (SSSR count). The first-order valence-corrected chi connectivity index (χ1v) is 13.5. The summed E-state index contributed by atoms with van der Waals surface area (Å²) in [5.74, 6) is 0.477. The molecule has 2 aromatic carbocycles. The predicted molar refractivity (Wildman–Crippen MR) is 148 cm³/mol. The average molecular weight is 546 g/mol. The topological polar surface area (TPSA) is 63.3 Å². The van der Waals surface area contributed by atoms with E-state index in [1.54, 1.807) is 27.7 Å². The Morgan fingerprint density at radius 3 is 2.50 bits per heavy atom. The molecule has 4 heterocycles. The van der Waals surface area contributed by atoms with Crippen LogP contribution in [0.2, 0.25) is 0 Å². The molecule has 1 N–H and O–H groups in total. The molecule has 0 unspecified atom stereocenters. The number of anilines is 2. The van der Waals surface area contributed by atoms with Crippen LogP contribution in [0.25, 0.3) is 16.9 Å². The van der Waals surface area contributed by atoms with E-state index < -0.39 is 11.7 Å². The number of hydrogen-bond donors (Lipinski definition) is 1. The van der Waals surface area contributed by atoms with E-state index in [4.69, 9.17) is 0 Å². The van der Waals surface area contributed by atoms with Gasteiger partial charge in [0.15, 0.2) is 5.65 Å². The summed E-state index contributed by atoms with van der Waals surface area (Å²) in [6.07, 6.45) is 3.98. The van der Waals surface area contributed by atoms with Gasteiger partial charge in [-0.2, -0.15) is 23.3 Å². The Bertz CT molecular complexity index is 1580. The summed E-state index contributed by atoms with van der Waals surface area (Å²) in [5.41, 5.74) is 4.31. The highest BCUT2D eigenvalue weighted by Crippen LogP contribution is 2.30. The first kappa shape index (κ1) is 26.1. The minimum absolute atomic E-state index is 0.221. The summed E-state index contributed by atoms with van der Waals surface area (Å²) in [4.78, 5) is 7.16. The van der Waals surface area contributed by atoms with Gasteiger partial charge >= 0.3 is 6.18 Å². The summed E-state index contributed by atoms with van der Waals surface area (Å²) >= 11 is 0. The molecule has 206 valence electrons. The van der Waals surface area contributed by atoms with Crippen molar-refractivity contribution in [2.75, 3.05) is 25.0 Å². The van der Waals surface area contributed by atoms with E-state index in [0.717, 1.165) is 42.0 Å². The number of nitrogens with one attached hydrogen (secondary N) is 1. The second-order valence-electron chi connectivity index (χ2n) is 10.2. The van der Waals surface area contributed by atoms with Crippen LogP contribution < -0.4 is 5.32 Å². The molecule has 0 aliphatic carbocycles. The van der Waals surface area contributed by atoms with Gasteiger partial charge in [-0.1, -0.05) is 30.3 Å². The van der Waals surface area contributed by atoms with Gasteiger partial charge in [-0.25, -0.2) is 4.52 Å². The van der Waals surface area contributed by atoms with Crippen molar-refractivity contribution in [3.05, 3.63) is 95.8 Å². The largest absolute Gasteiger partial charge is 0.416 e. The van der Waals surface area contributed by atoms with E-state index >= 15 is 0 Å². The first-order chi connectivity index (χ1) is 19.4. The fourth-order valence-corrected chi connectivity index (χ4v) is 5.19. The number of halogens is 3. The number of benzene rings is 2. The Labute approximate surface area is 230 Å². The van der Waals surface area contributed by atoms with Crippen LogP contribution in [-0.4, -0.2) is 48.9 Å². The van der Waals surface area contributed by atoms with E-state index in [-0.39, 0.29) is 6.54 Å².